The normalized spacial score (nSPS) is 21.9. The summed E-state index contributed by atoms with van der Waals surface area (Å²) in [5.41, 5.74) is 0.873. The van der Waals surface area contributed by atoms with Crippen LogP contribution in [-0.2, 0) is 9.59 Å². The van der Waals surface area contributed by atoms with Crippen LogP contribution in [0.3, 0.4) is 0 Å². The van der Waals surface area contributed by atoms with E-state index in [0.29, 0.717) is 0 Å². The number of ether oxygens (including phenoxy) is 1. The Balaban J connectivity index is 1.52. The predicted molar refractivity (Wildman–Crippen MR) is 111 cm³/mol. The van der Waals surface area contributed by atoms with Crippen molar-refractivity contribution >= 4 is 17.8 Å². The monoisotopic (exact) mass is 407 g/mol. The van der Waals surface area contributed by atoms with Crippen molar-refractivity contribution in [2.24, 2.45) is 5.92 Å². The maximum absolute atomic E-state index is 12.9. The Hall–Kier alpha value is -3.35. The number of urea groups is 1. The van der Waals surface area contributed by atoms with Crippen LogP contribution in [0.2, 0.25) is 0 Å². The van der Waals surface area contributed by atoms with Crippen LogP contribution in [0.5, 0.6) is 5.75 Å². The average molecular weight is 407 g/mol. The molecule has 2 N–H and O–H groups in total. The molecule has 2 atom stereocenters. The zero-order valence-corrected chi connectivity index (χ0v) is 17.1. The predicted octanol–water partition coefficient (Wildman–Crippen LogP) is 2.62. The van der Waals surface area contributed by atoms with Crippen LogP contribution < -0.4 is 15.4 Å². The Labute approximate surface area is 175 Å². The van der Waals surface area contributed by atoms with E-state index in [-0.39, 0.29) is 18.4 Å². The van der Waals surface area contributed by atoms with Gasteiger partial charge in [0.05, 0.1) is 13.2 Å². The first-order chi connectivity index (χ1) is 14.4. The Bertz CT molecular complexity index is 956. The number of carbonyl (C=O) groups is 3. The fourth-order valence-corrected chi connectivity index (χ4v) is 3.95. The molecule has 4 amide bonds. The zero-order valence-electron chi connectivity index (χ0n) is 17.1. The van der Waals surface area contributed by atoms with Crippen LogP contribution >= 0.6 is 0 Å². The minimum atomic E-state index is -0.897. The van der Waals surface area contributed by atoms with Crippen LogP contribution in [0.25, 0.3) is 0 Å². The van der Waals surface area contributed by atoms with Crippen LogP contribution in [0.1, 0.15) is 36.9 Å². The quantitative estimate of drug-likeness (QED) is 0.691. The van der Waals surface area contributed by atoms with E-state index in [0.717, 1.165) is 34.6 Å². The van der Waals surface area contributed by atoms with Gasteiger partial charge in [0.2, 0.25) is 5.91 Å². The van der Waals surface area contributed by atoms with Gasteiger partial charge in [-0.05, 0) is 48.9 Å². The minimum absolute atomic E-state index is 0.151. The highest BCUT2D eigenvalue weighted by atomic mass is 16.5. The molecule has 0 aromatic heterocycles. The number of hydrogen-bond acceptors (Lipinski definition) is 4. The second-order valence-corrected chi connectivity index (χ2v) is 7.98. The number of benzene rings is 2. The molecule has 1 saturated carbocycles. The fourth-order valence-electron chi connectivity index (χ4n) is 3.95. The first kappa shape index (κ1) is 19.9. The van der Waals surface area contributed by atoms with Gasteiger partial charge >= 0.3 is 6.03 Å². The molecule has 156 valence electrons. The molecular formula is C23H25N3O4. The van der Waals surface area contributed by atoms with Crippen molar-refractivity contribution < 1.29 is 19.1 Å². The molecule has 1 heterocycles. The lowest BCUT2D eigenvalue weighted by Crippen LogP contribution is -2.47. The lowest BCUT2D eigenvalue weighted by atomic mass is 9.96. The Morgan fingerprint density at radius 1 is 1.13 bits per heavy atom. The van der Waals surface area contributed by atoms with Crippen molar-refractivity contribution in [3.8, 4) is 5.75 Å². The lowest BCUT2D eigenvalue weighted by Gasteiger charge is -2.23. The molecule has 0 radical (unpaired) electrons. The van der Waals surface area contributed by atoms with Crippen molar-refractivity contribution in [3.63, 3.8) is 0 Å². The summed E-state index contributed by atoms with van der Waals surface area (Å²) < 4.78 is 5.22. The van der Waals surface area contributed by atoms with Gasteiger partial charge in [0, 0.05) is 0 Å². The molecular weight excluding hydrogens is 382 g/mol. The molecule has 0 unspecified atom stereocenters. The maximum atomic E-state index is 12.9. The largest absolute Gasteiger partial charge is 0.497 e. The standard InChI is InChI=1S/C23H25N3O4/c1-23(17-10-11-17)21(28)26(22(29)25-23)14-19(27)24-20(15-6-4-3-5-7-15)16-8-12-18(30-2)13-9-16/h3-9,12-13,17,20H,10-11,14H2,1-2H3,(H,24,27)(H,25,29)/t20-,23+/m0/s1. The van der Waals surface area contributed by atoms with E-state index < -0.39 is 23.5 Å². The van der Waals surface area contributed by atoms with Gasteiger partial charge in [-0.1, -0.05) is 42.5 Å². The van der Waals surface area contributed by atoms with E-state index in [1.54, 1.807) is 14.0 Å². The first-order valence-corrected chi connectivity index (χ1v) is 10.0. The maximum Gasteiger partial charge on any atom is 0.325 e. The third kappa shape index (κ3) is 3.75. The summed E-state index contributed by atoms with van der Waals surface area (Å²) >= 11 is 0. The third-order valence-corrected chi connectivity index (χ3v) is 5.88. The van der Waals surface area contributed by atoms with E-state index in [1.807, 2.05) is 54.6 Å². The number of carbonyl (C=O) groups excluding carboxylic acids is 3. The summed E-state index contributed by atoms with van der Waals surface area (Å²) in [5.74, 6) is 0.142. The summed E-state index contributed by atoms with van der Waals surface area (Å²) in [5, 5.41) is 5.74. The zero-order chi connectivity index (χ0) is 21.3. The number of nitrogens with one attached hydrogen (secondary N) is 2. The minimum Gasteiger partial charge on any atom is -0.497 e. The van der Waals surface area contributed by atoms with E-state index in [4.69, 9.17) is 4.74 Å². The number of imide groups is 1. The topological polar surface area (TPSA) is 87.7 Å². The third-order valence-electron chi connectivity index (χ3n) is 5.88. The van der Waals surface area contributed by atoms with E-state index in [9.17, 15) is 14.4 Å². The molecule has 2 aromatic carbocycles. The number of rotatable bonds is 7. The van der Waals surface area contributed by atoms with Gasteiger partial charge in [0.15, 0.2) is 0 Å². The highest BCUT2D eigenvalue weighted by molar-refractivity contribution is 6.09. The summed E-state index contributed by atoms with van der Waals surface area (Å²) in [6.45, 7) is 1.43. The molecule has 7 heteroatoms. The molecule has 0 spiro atoms. The smallest absolute Gasteiger partial charge is 0.325 e. The molecule has 1 aliphatic carbocycles. The second-order valence-electron chi connectivity index (χ2n) is 7.98. The van der Waals surface area contributed by atoms with Crippen LogP contribution in [-0.4, -0.2) is 41.9 Å². The van der Waals surface area contributed by atoms with Gasteiger partial charge in [-0.3, -0.25) is 14.5 Å². The van der Waals surface area contributed by atoms with Crippen molar-refractivity contribution in [3.05, 3.63) is 65.7 Å². The van der Waals surface area contributed by atoms with Gasteiger partial charge < -0.3 is 15.4 Å². The number of amides is 4. The molecule has 1 saturated heterocycles. The van der Waals surface area contributed by atoms with Crippen molar-refractivity contribution in [2.45, 2.75) is 31.3 Å². The van der Waals surface area contributed by atoms with Gasteiger partial charge in [-0.15, -0.1) is 0 Å². The van der Waals surface area contributed by atoms with Gasteiger partial charge in [0.25, 0.3) is 5.91 Å². The number of hydrogen-bond donors (Lipinski definition) is 2. The van der Waals surface area contributed by atoms with Gasteiger partial charge in [-0.25, -0.2) is 4.79 Å². The van der Waals surface area contributed by atoms with Gasteiger partial charge in [-0.2, -0.15) is 0 Å². The summed E-state index contributed by atoms with van der Waals surface area (Å²) in [6.07, 6.45) is 1.83. The molecule has 7 nitrogen and oxygen atoms in total. The SMILES string of the molecule is COc1ccc([C@@H](NC(=O)CN2C(=O)N[C@](C)(C3CC3)C2=O)c2ccccc2)cc1. The molecule has 2 aliphatic rings. The lowest BCUT2D eigenvalue weighted by molar-refractivity contribution is -0.135. The van der Waals surface area contributed by atoms with Gasteiger partial charge in [0.1, 0.15) is 17.8 Å². The Kier molecular flexibility index (Phi) is 5.20. The van der Waals surface area contributed by atoms with Crippen molar-refractivity contribution in [1.29, 1.82) is 0 Å². The first-order valence-electron chi connectivity index (χ1n) is 10.0. The fraction of sp³-hybridized carbons (Fsp3) is 0.348. The molecule has 2 fully saturated rings. The van der Waals surface area contributed by atoms with Crippen molar-refractivity contribution in [1.82, 2.24) is 15.5 Å². The summed E-state index contributed by atoms with van der Waals surface area (Å²) in [4.78, 5) is 39.0. The highest BCUT2D eigenvalue weighted by Crippen LogP contribution is 2.42. The van der Waals surface area contributed by atoms with E-state index in [1.165, 1.54) is 0 Å². The molecule has 30 heavy (non-hydrogen) atoms. The highest BCUT2D eigenvalue weighted by Gasteiger charge is 2.56. The van der Waals surface area contributed by atoms with E-state index >= 15 is 0 Å². The molecule has 2 aromatic rings. The summed E-state index contributed by atoms with van der Waals surface area (Å²) in [6, 6.07) is 16.1. The average Bonchev–Trinajstić information content (AvgIpc) is 3.59. The van der Waals surface area contributed by atoms with Crippen LogP contribution in [0.15, 0.2) is 54.6 Å². The van der Waals surface area contributed by atoms with Crippen LogP contribution in [0.4, 0.5) is 4.79 Å². The molecule has 4 rings (SSSR count). The van der Waals surface area contributed by atoms with Crippen molar-refractivity contribution in [2.75, 3.05) is 13.7 Å². The summed E-state index contributed by atoms with van der Waals surface area (Å²) in [7, 11) is 1.60. The second kappa shape index (κ2) is 7.82. The van der Waals surface area contributed by atoms with E-state index in [2.05, 4.69) is 10.6 Å². The van der Waals surface area contributed by atoms with Crippen LogP contribution in [0, 0.1) is 5.92 Å². The molecule has 1 aliphatic heterocycles. The Morgan fingerprint density at radius 3 is 2.37 bits per heavy atom. The Morgan fingerprint density at radius 2 is 1.77 bits per heavy atom. The number of nitrogens with zero attached hydrogens (tertiary/aromatic N) is 1. The number of methoxy groups -OCH3 is 1. The molecule has 0 bridgehead atoms.